The first-order chi connectivity index (χ1) is 13.3. The Morgan fingerprint density at radius 1 is 1.28 bits per heavy atom. The van der Waals surface area contributed by atoms with Gasteiger partial charge < -0.3 is 21.1 Å². The first kappa shape index (κ1) is 24.9. The summed E-state index contributed by atoms with van der Waals surface area (Å²) in [6, 6.07) is 7.21. The lowest BCUT2D eigenvalue weighted by atomic mass is 10.1. The Bertz CT molecular complexity index is 812. The minimum atomic E-state index is -4.44. The molecule has 1 aromatic carbocycles. The maximum Gasteiger partial charge on any atom is 0.434 e. The fourth-order valence-corrected chi connectivity index (χ4v) is 2.87. The molecule has 0 atom stereocenters. The Balaban J connectivity index is 0.00000420. The van der Waals surface area contributed by atoms with Crippen molar-refractivity contribution in [3.63, 3.8) is 0 Å². The monoisotopic (exact) mass is 543 g/mol. The molecule has 12 heteroatoms. The summed E-state index contributed by atoms with van der Waals surface area (Å²) in [6.45, 7) is 0.533. The van der Waals surface area contributed by atoms with E-state index in [-0.39, 0.29) is 37.1 Å². The minimum Gasteiger partial charge on any atom is -0.484 e. The number of ether oxygens (including phenoxy) is 1. The summed E-state index contributed by atoms with van der Waals surface area (Å²) >= 11 is 0.939. The van der Waals surface area contributed by atoms with Crippen molar-refractivity contribution in [1.29, 1.82) is 0 Å². The first-order valence-electron chi connectivity index (χ1n) is 8.24. The SMILES string of the molecule is CN=C(NCCc1ccc(OCC(N)=O)cc1)NCc1nc(C(F)(F)F)cs1.I. The van der Waals surface area contributed by atoms with Gasteiger partial charge in [-0.3, -0.25) is 9.79 Å². The number of thiazole rings is 1. The molecule has 0 aliphatic heterocycles. The van der Waals surface area contributed by atoms with Crippen LogP contribution < -0.4 is 21.1 Å². The fraction of sp³-hybridized carbons (Fsp3) is 0.353. The summed E-state index contributed by atoms with van der Waals surface area (Å²) in [5.41, 5.74) is 5.16. The average Bonchev–Trinajstić information content (AvgIpc) is 3.13. The van der Waals surface area contributed by atoms with Crippen LogP contribution in [0.3, 0.4) is 0 Å². The second-order valence-corrected chi connectivity index (χ2v) is 6.57. The van der Waals surface area contributed by atoms with E-state index in [0.717, 1.165) is 22.3 Å². The fourth-order valence-electron chi connectivity index (χ4n) is 2.13. The number of benzene rings is 1. The molecular weight excluding hydrogens is 522 g/mol. The van der Waals surface area contributed by atoms with E-state index >= 15 is 0 Å². The molecule has 29 heavy (non-hydrogen) atoms. The number of carbonyl (C=O) groups is 1. The van der Waals surface area contributed by atoms with Crippen molar-refractivity contribution in [2.45, 2.75) is 19.1 Å². The Morgan fingerprint density at radius 3 is 2.52 bits per heavy atom. The molecule has 0 unspecified atom stereocenters. The topological polar surface area (TPSA) is 102 Å². The number of hydrogen-bond acceptors (Lipinski definition) is 5. The van der Waals surface area contributed by atoms with Gasteiger partial charge >= 0.3 is 6.18 Å². The number of halogens is 4. The third-order valence-corrected chi connectivity index (χ3v) is 4.33. The molecule has 2 rings (SSSR count). The number of rotatable bonds is 8. The van der Waals surface area contributed by atoms with Crippen molar-refractivity contribution in [2.75, 3.05) is 20.2 Å². The van der Waals surface area contributed by atoms with Crippen molar-refractivity contribution in [2.24, 2.45) is 10.7 Å². The third-order valence-electron chi connectivity index (χ3n) is 3.48. The van der Waals surface area contributed by atoms with Gasteiger partial charge in [-0.15, -0.1) is 35.3 Å². The number of guanidine groups is 1. The Hall–Kier alpha value is -2.09. The van der Waals surface area contributed by atoms with E-state index < -0.39 is 17.8 Å². The second kappa shape index (κ2) is 11.8. The lowest BCUT2D eigenvalue weighted by Gasteiger charge is -2.11. The number of nitrogens with two attached hydrogens (primary N) is 1. The van der Waals surface area contributed by atoms with Gasteiger partial charge in [0.05, 0.1) is 6.54 Å². The van der Waals surface area contributed by atoms with E-state index in [1.165, 1.54) is 0 Å². The minimum absolute atomic E-state index is 0. The van der Waals surface area contributed by atoms with E-state index in [2.05, 4.69) is 20.6 Å². The largest absolute Gasteiger partial charge is 0.484 e. The van der Waals surface area contributed by atoms with Gasteiger partial charge in [-0.2, -0.15) is 13.2 Å². The first-order valence-corrected chi connectivity index (χ1v) is 9.12. The summed E-state index contributed by atoms with van der Waals surface area (Å²) < 4.78 is 42.9. The van der Waals surface area contributed by atoms with E-state index in [1.807, 2.05) is 12.1 Å². The molecule has 0 aliphatic carbocycles. The molecular formula is C17H21F3IN5O2S. The Labute approximate surface area is 187 Å². The highest BCUT2D eigenvalue weighted by Crippen LogP contribution is 2.29. The molecule has 160 valence electrons. The normalized spacial score (nSPS) is 11.5. The molecule has 0 aliphatic rings. The van der Waals surface area contributed by atoms with E-state index in [4.69, 9.17) is 10.5 Å². The Kier molecular flexibility index (Phi) is 10.2. The van der Waals surface area contributed by atoms with Gasteiger partial charge in [-0.25, -0.2) is 4.98 Å². The van der Waals surface area contributed by atoms with Crippen LogP contribution in [0.15, 0.2) is 34.6 Å². The zero-order chi connectivity index (χ0) is 20.6. The number of nitrogens with one attached hydrogen (secondary N) is 2. The summed E-state index contributed by atoms with van der Waals surface area (Å²) in [7, 11) is 1.57. The van der Waals surface area contributed by atoms with E-state index in [1.54, 1.807) is 19.2 Å². The highest BCUT2D eigenvalue weighted by atomic mass is 127. The highest BCUT2D eigenvalue weighted by molar-refractivity contribution is 14.0. The van der Waals surface area contributed by atoms with E-state index in [0.29, 0.717) is 29.7 Å². The van der Waals surface area contributed by atoms with Crippen molar-refractivity contribution < 1.29 is 22.7 Å². The number of alkyl halides is 3. The molecule has 0 saturated carbocycles. The average molecular weight is 543 g/mol. The van der Waals surface area contributed by atoms with Crippen LogP contribution in [-0.2, 0) is 23.9 Å². The molecule has 1 amide bonds. The predicted octanol–water partition coefficient (Wildman–Crippen LogP) is 2.55. The molecule has 7 nitrogen and oxygen atoms in total. The lowest BCUT2D eigenvalue weighted by Crippen LogP contribution is -2.37. The summed E-state index contributed by atoms with van der Waals surface area (Å²) in [5.74, 6) is 0.472. The summed E-state index contributed by atoms with van der Waals surface area (Å²) in [6.07, 6.45) is -3.75. The van der Waals surface area contributed by atoms with Gasteiger partial charge in [0.15, 0.2) is 18.3 Å². The molecule has 4 N–H and O–H groups in total. The van der Waals surface area contributed by atoms with Gasteiger partial charge in [0.25, 0.3) is 5.91 Å². The summed E-state index contributed by atoms with van der Waals surface area (Å²) in [4.78, 5) is 18.3. The number of hydrogen-bond donors (Lipinski definition) is 3. The molecule has 2 aromatic rings. The number of nitrogens with zero attached hydrogens (tertiary/aromatic N) is 2. The number of primary amides is 1. The number of aliphatic imine (C=N–C) groups is 1. The van der Waals surface area contributed by atoms with Crippen molar-refractivity contribution in [3.8, 4) is 5.75 Å². The van der Waals surface area contributed by atoms with Crippen molar-refractivity contribution in [3.05, 3.63) is 45.9 Å². The van der Waals surface area contributed by atoms with Crippen molar-refractivity contribution >= 4 is 47.2 Å². The molecule has 0 radical (unpaired) electrons. The van der Waals surface area contributed by atoms with Crippen molar-refractivity contribution in [1.82, 2.24) is 15.6 Å². The van der Waals surface area contributed by atoms with Crippen LogP contribution in [0.1, 0.15) is 16.3 Å². The molecule has 0 fully saturated rings. The van der Waals surface area contributed by atoms with Crippen LogP contribution in [-0.4, -0.2) is 37.1 Å². The van der Waals surface area contributed by atoms with Crippen LogP contribution in [0.2, 0.25) is 0 Å². The third kappa shape index (κ3) is 8.85. The molecule has 1 aromatic heterocycles. The standard InChI is InChI=1S/C17H20F3N5O2S.HI/c1-22-16(24-8-15-25-13(10-28-15)17(18,19)20)23-7-6-11-2-4-12(5-3-11)27-9-14(21)26;/h2-5,10H,6-9H2,1H3,(H2,21,26)(H2,22,23,24);1H. The smallest absolute Gasteiger partial charge is 0.434 e. The van der Waals surface area contributed by atoms with Gasteiger partial charge in [0, 0.05) is 19.0 Å². The highest BCUT2D eigenvalue weighted by Gasteiger charge is 2.33. The van der Waals surface area contributed by atoms with Crippen LogP contribution in [0.4, 0.5) is 13.2 Å². The van der Waals surface area contributed by atoms with Crippen LogP contribution in [0.25, 0.3) is 0 Å². The number of amides is 1. The van der Waals surface area contributed by atoms with Gasteiger partial charge in [0.2, 0.25) is 0 Å². The zero-order valence-electron chi connectivity index (χ0n) is 15.5. The quantitative estimate of drug-likeness (QED) is 0.270. The predicted molar refractivity (Wildman–Crippen MR) is 116 cm³/mol. The molecule has 0 bridgehead atoms. The molecule has 0 saturated heterocycles. The van der Waals surface area contributed by atoms with Gasteiger partial charge in [-0.05, 0) is 24.1 Å². The van der Waals surface area contributed by atoms with Gasteiger partial charge in [0.1, 0.15) is 10.8 Å². The maximum absolute atomic E-state index is 12.6. The molecule has 1 heterocycles. The zero-order valence-corrected chi connectivity index (χ0v) is 18.6. The summed E-state index contributed by atoms with van der Waals surface area (Å²) in [5, 5.41) is 7.32. The second-order valence-electron chi connectivity index (χ2n) is 5.63. The maximum atomic E-state index is 12.6. The number of carbonyl (C=O) groups excluding carboxylic acids is 1. The van der Waals surface area contributed by atoms with Crippen LogP contribution in [0.5, 0.6) is 5.75 Å². The Morgan fingerprint density at radius 2 is 1.97 bits per heavy atom. The van der Waals surface area contributed by atoms with Crippen LogP contribution >= 0.6 is 35.3 Å². The van der Waals surface area contributed by atoms with Crippen LogP contribution in [0, 0.1) is 0 Å². The number of aromatic nitrogens is 1. The van der Waals surface area contributed by atoms with E-state index in [9.17, 15) is 18.0 Å². The lowest BCUT2D eigenvalue weighted by molar-refractivity contribution is -0.140. The van der Waals surface area contributed by atoms with Gasteiger partial charge in [-0.1, -0.05) is 12.1 Å². The molecule has 0 spiro atoms.